The summed E-state index contributed by atoms with van der Waals surface area (Å²) in [5.41, 5.74) is 4.55. The van der Waals surface area contributed by atoms with Crippen LogP contribution >= 0.6 is 0 Å². The molecule has 292 valence electrons. The third-order valence-corrected chi connectivity index (χ3v) is 14.3. The number of nitrogens with zero attached hydrogens (tertiary/aromatic N) is 5. The number of fused-ring (bicyclic) bond motifs is 3. The molecule has 2 bridgehead atoms. The number of likely N-dealkylation sites (tertiary alicyclic amines) is 1. The normalized spacial score (nSPS) is 27.0. The first-order valence-corrected chi connectivity index (χ1v) is 20.6. The number of piperidine rings is 1. The summed E-state index contributed by atoms with van der Waals surface area (Å²) >= 11 is 0. The number of hydrogen-bond donors (Lipinski definition) is 2. The van der Waals surface area contributed by atoms with Crippen LogP contribution in [0.1, 0.15) is 128 Å². The van der Waals surface area contributed by atoms with Gasteiger partial charge in [0.2, 0.25) is 5.91 Å². The molecule has 1 saturated heterocycles. The third kappa shape index (κ3) is 7.64. The molecule has 4 saturated carbocycles. The molecule has 5 fully saturated rings. The van der Waals surface area contributed by atoms with E-state index >= 15 is 0 Å². The molecule has 0 spiro atoms. The number of pyridine rings is 1. The standard InChI is InChI=1S/C44H61N5O5/c1-5-42(3,16-13-36-27-37(50)15-24-47(36)41(52)53)49-29-34(28-46-49)33-14-23-45-39(26-33)48(40(51)32-9-7-6-8-10-32)30-43-17-20-44(21-18-43,22-19-43)35-11-12-38(54-4)31(2)25-35/h11-12,14,23,25-26,28-29,32,36-37,50H,5-10,13,15-22,24,27,30H2,1-4H3,(H,52,53). The molecule has 3 aromatic rings. The Bertz CT molecular complexity index is 1780. The number of methoxy groups -OCH3 is 1. The number of anilines is 1. The Balaban J connectivity index is 1.10. The summed E-state index contributed by atoms with van der Waals surface area (Å²) in [7, 11) is 1.74. The van der Waals surface area contributed by atoms with Crippen molar-refractivity contribution in [3.63, 3.8) is 0 Å². The van der Waals surface area contributed by atoms with E-state index < -0.39 is 12.2 Å². The predicted molar refractivity (Wildman–Crippen MR) is 211 cm³/mol. The van der Waals surface area contributed by atoms with Gasteiger partial charge in [0.25, 0.3) is 0 Å². The van der Waals surface area contributed by atoms with Gasteiger partial charge >= 0.3 is 6.09 Å². The summed E-state index contributed by atoms with van der Waals surface area (Å²) in [5, 5.41) is 25.0. The van der Waals surface area contributed by atoms with Gasteiger partial charge in [-0.15, -0.1) is 0 Å². The molecule has 2 aromatic heterocycles. The molecular formula is C44H61N5O5. The second-order valence-corrected chi connectivity index (χ2v) is 17.5. The van der Waals surface area contributed by atoms with Gasteiger partial charge in [-0.05, 0) is 143 Å². The zero-order valence-electron chi connectivity index (χ0n) is 32.9. The predicted octanol–water partition coefficient (Wildman–Crippen LogP) is 8.88. The van der Waals surface area contributed by atoms with Crippen molar-refractivity contribution < 1.29 is 24.5 Å². The number of aliphatic hydroxyl groups excluding tert-OH is 1. The first-order valence-electron chi connectivity index (χ1n) is 20.6. The van der Waals surface area contributed by atoms with Gasteiger partial charge in [-0.3, -0.25) is 14.4 Å². The van der Waals surface area contributed by atoms with Gasteiger partial charge in [-0.25, -0.2) is 9.78 Å². The van der Waals surface area contributed by atoms with Gasteiger partial charge in [0, 0.05) is 43.0 Å². The van der Waals surface area contributed by atoms with Gasteiger partial charge in [0.1, 0.15) is 11.6 Å². The third-order valence-electron chi connectivity index (χ3n) is 14.3. The maximum absolute atomic E-state index is 14.5. The highest BCUT2D eigenvalue weighted by Crippen LogP contribution is 2.58. The van der Waals surface area contributed by atoms with E-state index in [1.54, 1.807) is 7.11 Å². The van der Waals surface area contributed by atoms with Gasteiger partial charge in [-0.1, -0.05) is 38.3 Å². The highest BCUT2D eigenvalue weighted by molar-refractivity contribution is 5.95. The Morgan fingerprint density at radius 3 is 2.43 bits per heavy atom. The van der Waals surface area contributed by atoms with E-state index in [0.717, 1.165) is 99.7 Å². The van der Waals surface area contributed by atoms with Crippen LogP contribution in [0, 0.1) is 18.3 Å². The summed E-state index contributed by atoms with van der Waals surface area (Å²) in [6, 6.07) is 10.6. The topological polar surface area (TPSA) is 121 Å². The van der Waals surface area contributed by atoms with E-state index in [9.17, 15) is 19.8 Å². The first kappa shape index (κ1) is 38.4. The number of ether oxygens (including phenoxy) is 1. The van der Waals surface area contributed by atoms with Crippen LogP contribution in [-0.2, 0) is 15.7 Å². The molecule has 10 nitrogen and oxygen atoms in total. The molecule has 3 atom stereocenters. The Morgan fingerprint density at radius 1 is 1.02 bits per heavy atom. The molecule has 3 heterocycles. The molecule has 8 rings (SSSR count). The van der Waals surface area contributed by atoms with Crippen molar-refractivity contribution in [3.05, 3.63) is 60.0 Å². The molecule has 2 N–H and O–H groups in total. The van der Waals surface area contributed by atoms with Crippen molar-refractivity contribution in [2.45, 2.75) is 147 Å². The molecule has 1 aliphatic heterocycles. The van der Waals surface area contributed by atoms with Crippen LogP contribution in [0.15, 0.2) is 48.9 Å². The van der Waals surface area contributed by atoms with Crippen LogP contribution in [0.3, 0.4) is 0 Å². The fourth-order valence-electron chi connectivity index (χ4n) is 10.3. The van der Waals surface area contributed by atoms with Crippen molar-refractivity contribution in [2.24, 2.45) is 11.3 Å². The van der Waals surface area contributed by atoms with E-state index in [2.05, 4.69) is 56.1 Å². The molecule has 3 unspecified atom stereocenters. The minimum atomic E-state index is -0.917. The minimum Gasteiger partial charge on any atom is -0.496 e. The minimum absolute atomic E-state index is 0.0458. The maximum atomic E-state index is 14.5. The van der Waals surface area contributed by atoms with Crippen LogP contribution in [0.25, 0.3) is 11.1 Å². The largest absolute Gasteiger partial charge is 0.496 e. The van der Waals surface area contributed by atoms with E-state index in [0.29, 0.717) is 32.4 Å². The summed E-state index contributed by atoms with van der Waals surface area (Å²) in [5.74, 6) is 1.96. The maximum Gasteiger partial charge on any atom is 0.407 e. The van der Waals surface area contributed by atoms with Crippen LogP contribution in [0.5, 0.6) is 5.75 Å². The van der Waals surface area contributed by atoms with Crippen molar-refractivity contribution in [3.8, 4) is 16.9 Å². The SMILES string of the molecule is CCC(C)(CCC1CC(O)CCN1C(=O)O)n1cc(-c2ccnc(N(CC34CCC(c5ccc(OC)c(C)c5)(CC3)CC4)C(=O)C3CCCCC3)c2)cn1. The lowest BCUT2D eigenvalue weighted by atomic mass is 9.51. The number of carbonyl (C=O) groups excluding carboxylic acids is 1. The molecule has 4 aliphatic carbocycles. The fourth-order valence-corrected chi connectivity index (χ4v) is 10.3. The van der Waals surface area contributed by atoms with Crippen LogP contribution in [0.2, 0.25) is 0 Å². The first-order chi connectivity index (χ1) is 26.0. The number of hydrogen-bond acceptors (Lipinski definition) is 6. The highest BCUT2D eigenvalue weighted by atomic mass is 16.5. The number of carboxylic acid groups (broad SMARTS) is 1. The van der Waals surface area contributed by atoms with Gasteiger partial charge in [-0.2, -0.15) is 5.10 Å². The summed E-state index contributed by atoms with van der Waals surface area (Å²) in [4.78, 5) is 34.9. The van der Waals surface area contributed by atoms with Crippen LogP contribution in [-0.4, -0.2) is 74.2 Å². The van der Waals surface area contributed by atoms with E-state index in [-0.39, 0.29) is 34.2 Å². The lowest BCUT2D eigenvalue weighted by molar-refractivity contribution is -0.124. The average molecular weight is 740 g/mol. The van der Waals surface area contributed by atoms with E-state index in [4.69, 9.17) is 14.8 Å². The zero-order valence-corrected chi connectivity index (χ0v) is 32.9. The average Bonchev–Trinajstić information content (AvgIpc) is 3.71. The van der Waals surface area contributed by atoms with Gasteiger partial charge < -0.3 is 19.8 Å². The molecule has 1 aromatic carbocycles. The Kier molecular flexibility index (Phi) is 11.1. The van der Waals surface area contributed by atoms with Crippen LogP contribution in [0.4, 0.5) is 10.6 Å². The monoisotopic (exact) mass is 739 g/mol. The van der Waals surface area contributed by atoms with Gasteiger partial charge in [0.05, 0.1) is 24.9 Å². The molecule has 54 heavy (non-hydrogen) atoms. The quantitative estimate of drug-likeness (QED) is 0.190. The van der Waals surface area contributed by atoms with Crippen molar-refractivity contribution >= 4 is 17.8 Å². The second kappa shape index (κ2) is 15.7. The Hall–Kier alpha value is -3.92. The molecule has 5 aliphatic rings. The summed E-state index contributed by atoms with van der Waals surface area (Å²) in [6.45, 7) is 7.54. The van der Waals surface area contributed by atoms with E-state index in [1.165, 1.54) is 22.4 Å². The fraction of sp³-hybridized carbons (Fsp3) is 0.636. The lowest BCUT2D eigenvalue weighted by Crippen LogP contribution is -2.51. The highest BCUT2D eigenvalue weighted by Gasteiger charge is 2.51. The number of aromatic nitrogens is 3. The summed E-state index contributed by atoms with van der Waals surface area (Å²) < 4.78 is 7.59. The lowest BCUT2D eigenvalue weighted by Gasteiger charge is -2.55. The summed E-state index contributed by atoms with van der Waals surface area (Å²) in [6.07, 6.45) is 19.7. The molecular weight excluding hydrogens is 679 g/mol. The molecule has 2 amide bonds. The number of benzene rings is 1. The number of rotatable bonds is 12. The number of aryl methyl sites for hydroxylation is 1. The number of aliphatic hydroxyl groups is 1. The van der Waals surface area contributed by atoms with Crippen molar-refractivity contribution in [2.75, 3.05) is 25.1 Å². The molecule has 0 radical (unpaired) electrons. The Morgan fingerprint density at radius 2 is 1.76 bits per heavy atom. The zero-order chi connectivity index (χ0) is 38.1. The van der Waals surface area contributed by atoms with Crippen molar-refractivity contribution in [1.82, 2.24) is 19.7 Å². The van der Waals surface area contributed by atoms with Gasteiger partial charge in [0.15, 0.2) is 0 Å². The van der Waals surface area contributed by atoms with Crippen LogP contribution < -0.4 is 9.64 Å². The number of amides is 2. The molecule has 10 heteroatoms. The van der Waals surface area contributed by atoms with Crippen molar-refractivity contribution in [1.29, 1.82) is 0 Å². The smallest absolute Gasteiger partial charge is 0.407 e. The number of carbonyl (C=O) groups is 2. The van der Waals surface area contributed by atoms with E-state index in [1.807, 2.05) is 23.1 Å². The second-order valence-electron chi connectivity index (χ2n) is 17.5. The Labute approximate surface area is 321 Å².